The minimum absolute atomic E-state index is 0.673. The van der Waals surface area contributed by atoms with Crippen LogP contribution in [0.2, 0.25) is 0 Å². The van der Waals surface area contributed by atoms with Crippen LogP contribution in [0.5, 0.6) is 0 Å². The highest BCUT2D eigenvalue weighted by molar-refractivity contribution is 5.17. The van der Waals surface area contributed by atoms with Crippen molar-refractivity contribution in [3.8, 4) is 0 Å². The predicted octanol–water partition coefficient (Wildman–Crippen LogP) is 2.61. The Kier molecular flexibility index (Phi) is 3.73. The predicted molar refractivity (Wildman–Crippen MR) is 58.5 cm³/mol. The molecule has 0 amide bonds. The van der Waals surface area contributed by atoms with Gasteiger partial charge in [0.1, 0.15) is 0 Å². The van der Waals surface area contributed by atoms with E-state index in [2.05, 4.69) is 45.3 Å². The van der Waals surface area contributed by atoms with Crippen LogP contribution in [-0.2, 0) is 0 Å². The van der Waals surface area contributed by atoms with Crippen LogP contribution in [0.25, 0.3) is 0 Å². The summed E-state index contributed by atoms with van der Waals surface area (Å²) in [6, 6.07) is 0. The van der Waals surface area contributed by atoms with Gasteiger partial charge in [-0.3, -0.25) is 0 Å². The van der Waals surface area contributed by atoms with Gasteiger partial charge in [-0.25, -0.2) is 0 Å². The zero-order valence-electron chi connectivity index (χ0n) is 9.16. The molecule has 1 nitrogen and oxygen atoms in total. The van der Waals surface area contributed by atoms with Gasteiger partial charge in [-0.2, -0.15) is 0 Å². The second-order valence-electron chi connectivity index (χ2n) is 4.63. The van der Waals surface area contributed by atoms with Gasteiger partial charge in [0.05, 0.1) is 27.2 Å². The maximum absolute atomic E-state index is 2.33. The summed E-state index contributed by atoms with van der Waals surface area (Å²) in [6.07, 6.45) is 11.6. The molecule has 13 heavy (non-hydrogen) atoms. The number of quaternary nitrogens is 1. The first-order valence-electron chi connectivity index (χ1n) is 5.31. The van der Waals surface area contributed by atoms with Crippen LogP contribution in [0.3, 0.4) is 0 Å². The second-order valence-corrected chi connectivity index (χ2v) is 4.63. The molecule has 0 aromatic heterocycles. The Hall–Kier alpha value is -0.560. The zero-order valence-corrected chi connectivity index (χ0v) is 9.16. The first-order chi connectivity index (χ1) is 6.14. The Morgan fingerprint density at radius 2 is 1.77 bits per heavy atom. The van der Waals surface area contributed by atoms with Crippen LogP contribution in [0, 0.1) is 5.92 Å². The topological polar surface area (TPSA) is 0 Å². The number of hydrogen-bond donors (Lipinski definition) is 0. The summed E-state index contributed by atoms with van der Waals surface area (Å²) < 4.78 is 1.15. The maximum atomic E-state index is 2.33. The molecule has 1 aliphatic carbocycles. The smallest absolute Gasteiger partial charge is 0.0881 e. The lowest BCUT2D eigenvalue weighted by atomic mass is 10.1. The van der Waals surface area contributed by atoms with E-state index in [0.717, 1.165) is 4.48 Å². The molecule has 0 aliphatic heterocycles. The van der Waals surface area contributed by atoms with Crippen molar-refractivity contribution in [1.29, 1.82) is 0 Å². The lowest BCUT2D eigenvalue weighted by molar-refractivity contribution is -0.892. The van der Waals surface area contributed by atoms with E-state index < -0.39 is 0 Å². The first kappa shape index (κ1) is 10.5. The highest BCUT2D eigenvalue weighted by Crippen LogP contribution is 2.14. The van der Waals surface area contributed by atoms with Gasteiger partial charge in [0.15, 0.2) is 0 Å². The highest BCUT2D eigenvalue weighted by Gasteiger charge is 2.18. The van der Waals surface area contributed by atoms with Crippen molar-refractivity contribution in [2.45, 2.75) is 19.8 Å². The monoisotopic (exact) mass is 180 g/mol. The molecular weight excluding hydrogens is 158 g/mol. The molecule has 1 aliphatic rings. The molecule has 0 spiro atoms. The van der Waals surface area contributed by atoms with Crippen molar-refractivity contribution < 1.29 is 4.48 Å². The molecule has 0 unspecified atom stereocenters. The van der Waals surface area contributed by atoms with Gasteiger partial charge in [0.2, 0.25) is 0 Å². The minimum Gasteiger partial charge on any atom is -0.328 e. The van der Waals surface area contributed by atoms with Crippen LogP contribution in [0.1, 0.15) is 19.8 Å². The number of unbranched alkanes of at least 4 members (excludes halogenated alkanes) is 1. The summed E-state index contributed by atoms with van der Waals surface area (Å²) in [5.41, 5.74) is 0. The van der Waals surface area contributed by atoms with Gasteiger partial charge in [-0.05, 0) is 6.42 Å². The van der Waals surface area contributed by atoms with Crippen molar-refractivity contribution in [1.82, 2.24) is 0 Å². The quantitative estimate of drug-likeness (QED) is 0.571. The Balaban J connectivity index is 2.32. The van der Waals surface area contributed by atoms with Gasteiger partial charge < -0.3 is 4.48 Å². The average molecular weight is 180 g/mol. The molecule has 0 fully saturated rings. The first-order valence-corrected chi connectivity index (χ1v) is 5.31. The average Bonchev–Trinajstić information content (AvgIpc) is 2.52. The Bertz CT molecular complexity index is 189. The molecule has 0 aromatic rings. The van der Waals surface area contributed by atoms with Gasteiger partial charge in [-0.1, -0.05) is 37.6 Å². The molecule has 0 N–H and O–H groups in total. The summed E-state index contributed by atoms with van der Waals surface area (Å²) >= 11 is 0. The highest BCUT2D eigenvalue weighted by atomic mass is 15.3. The van der Waals surface area contributed by atoms with Crippen LogP contribution >= 0.6 is 0 Å². The number of allylic oxidation sites excluding steroid dienone is 2. The second kappa shape index (κ2) is 4.61. The molecule has 0 bridgehead atoms. The van der Waals surface area contributed by atoms with E-state index in [0.29, 0.717) is 5.92 Å². The van der Waals surface area contributed by atoms with E-state index in [1.54, 1.807) is 0 Å². The zero-order chi connectivity index (χ0) is 9.73. The molecule has 0 atom stereocenters. The Morgan fingerprint density at radius 1 is 1.15 bits per heavy atom. The van der Waals surface area contributed by atoms with Gasteiger partial charge in [0, 0.05) is 5.92 Å². The molecule has 0 saturated carbocycles. The fourth-order valence-corrected chi connectivity index (χ4v) is 1.85. The fraction of sp³-hybridized carbons (Fsp3) is 0.667. The SMILES string of the molecule is CCCC[N+](C)(C)CC1C=CC=C1. The fourth-order valence-electron chi connectivity index (χ4n) is 1.85. The third-order valence-electron chi connectivity index (χ3n) is 2.65. The molecule has 0 radical (unpaired) electrons. The minimum atomic E-state index is 0.673. The summed E-state index contributed by atoms with van der Waals surface area (Å²) in [5.74, 6) is 0.673. The Labute approximate surface area is 82.3 Å². The van der Waals surface area contributed by atoms with Crippen molar-refractivity contribution >= 4 is 0 Å². The number of rotatable bonds is 5. The molecule has 1 rings (SSSR count). The Morgan fingerprint density at radius 3 is 2.31 bits per heavy atom. The van der Waals surface area contributed by atoms with Crippen LogP contribution in [0.4, 0.5) is 0 Å². The van der Waals surface area contributed by atoms with Crippen LogP contribution in [-0.4, -0.2) is 31.7 Å². The lowest BCUT2D eigenvalue weighted by Crippen LogP contribution is -2.43. The van der Waals surface area contributed by atoms with Crippen molar-refractivity contribution in [2.75, 3.05) is 27.2 Å². The standard InChI is InChI=1S/C12H22N/c1-4-5-10-13(2,3)11-12-8-6-7-9-12/h6-9,12H,4-5,10-11H2,1-3H3/q+1. The van der Waals surface area contributed by atoms with Crippen LogP contribution in [0.15, 0.2) is 24.3 Å². The molecule has 0 saturated heterocycles. The van der Waals surface area contributed by atoms with Gasteiger partial charge >= 0.3 is 0 Å². The normalized spacial score (nSPS) is 17.2. The summed E-state index contributed by atoms with van der Waals surface area (Å²) in [7, 11) is 4.66. The maximum Gasteiger partial charge on any atom is 0.0881 e. The van der Waals surface area contributed by atoms with E-state index in [1.165, 1.54) is 25.9 Å². The van der Waals surface area contributed by atoms with E-state index in [9.17, 15) is 0 Å². The summed E-state index contributed by atoms with van der Waals surface area (Å²) in [6.45, 7) is 4.80. The van der Waals surface area contributed by atoms with Crippen molar-refractivity contribution in [2.24, 2.45) is 5.92 Å². The molecule has 74 valence electrons. The molecular formula is C12H22N+. The van der Waals surface area contributed by atoms with Crippen LogP contribution < -0.4 is 0 Å². The largest absolute Gasteiger partial charge is 0.328 e. The lowest BCUT2D eigenvalue weighted by Gasteiger charge is -2.31. The third-order valence-corrected chi connectivity index (χ3v) is 2.65. The van der Waals surface area contributed by atoms with E-state index >= 15 is 0 Å². The third kappa shape index (κ3) is 3.77. The summed E-state index contributed by atoms with van der Waals surface area (Å²) in [4.78, 5) is 0. The van der Waals surface area contributed by atoms with E-state index in [4.69, 9.17) is 0 Å². The van der Waals surface area contributed by atoms with Gasteiger partial charge in [-0.15, -0.1) is 0 Å². The molecule has 0 heterocycles. The van der Waals surface area contributed by atoms with E-state index in [1.807, 2.05) is 0 Å². The van der Waals surface area contributed by atoms with Crippen molar-refractivity contribution in [3.63, 3.8) is 0 Å². The van der Waals surface area contributed by atoms with Gasteiger partial charge in [0.25, 0.3) is 0 Å². The number of nitrogens with zero attached hydrogens (tertiary/aromatic N) is 1. The molecule has 0 aromatic carbocycles. The van der Waals surface area contributed by atoms with E-state index in [-0.39, 0.29) is 0 Å². The number of hydrogen-bond acceptors (Lipinski definition) is 0. The summed E-state index contributed by atoms with van der Waals surface area (Å²) in [5, 5.41) is 0. The van der Waals surface area contributed by atoms with Crippen molar-refractivity contribution in [3.05, 3.63) is 24.3 Å². The molecule has 1 heteroatoms.